The Bertz CT molecular complexity index is 395. The van der Waals surface area contributed by atoms with E-state index < -0.39 is 0 Å². The molecule has 1 heterocycles. The second-order valence-corrected chi connectivity index (χ2v) is 3.89. The molecule has 1 aliphatic rings. The number of nitrogens with one attached hydrogen (secondary N) is 1. The summed E-state index contributed by atoms with van der Waals surface area (Å²) >= 11 is 0. The zero-order chi connectivity index (χ0) is 11.5. The second-order valence-electron chi connectivity index (χ2n) is 3.89. The van der Waals surface area contributed by atoms with Crippen LogP contribution in [-0.2, 0) is 4.74 Å². The lowest BCUT2D eigenvalue weighted by Gasteiger charge is -2.17. The predicted octanol–water partition coefficient (Wildman–Crippen LogP) is 2.18. The molecule has 0 spiro atoms. The van der Waals surface area contributed by atoms with Gasteiger partial charge in [0.25, 0.3) is 5.69 Å². The van der Waals surface area contributed by atoms with Crippen LogP contribution in [0.4, 0.5) is 11.4 Å². The summed E-state index contributed by atoms with van der Waals surface area (Å²) in [5.74, 6) is 0. The van der Waals surface area contributed by atoms with Gasteiger partial charge in [-0.15, -0.1) is 0 Å². The fourth-order valence-electron chi connectivity index (χ4n) is 1.88. The van der Waals surface area contributed by atoms with Gasteiger partial charge in [-0.3, -0.25) is 10.1 Å². The maximum atomic E-state index is 10.8. The van der Waals surface area contributed by atoms with Crippen molar-refractivity contribution >= 4 is 11.4 Å². The molecule has 1 aliphatic heterocycles. The van der Waals surface area contributed by atoms with Gasteiger partial charge in [0.15, 0.2) is 0 Å². The second kappa shape index (κ2) is 4.49. The molecule has 1 N–H and O–H groups in total. The number of hydrogen-bond acceptors (Lipinski definition) is 4. The number of hydrogen-bond donors (Lipinski definition) is 1. The quantitative estimate of drug-likeness (QED) is 0.629. The third-order valence-electron chi connectivity index (χ3n) is 2.82. The average molecular weight is 222 g/mol. The minimum atomic E-state index is -0.372. The Labute approximate surface area is 93.6 Å². The first-order chi connectivity index (χ1) is 7.68. The summed E-state index contributed by atoms with van der Waals surface area (Å²) in [6.45, 7) is 2.68. The van der Waals surface area contributed by atoms with Gasteiger partial charge >= 0.3 is 0 Å². The van der Waals surface area contributed by atoms with Crippen LogP contribution in [0.5, 0.6) is 0 Å². The van der Waals surface area contributed by atoms with E-state index in [-0.39, 0.29) is 22.8 Å². The van der Waals surface area contributed by atoms with Crippen LogP contribution in [-0.4, -0.2) is 23.7 Å². The molecule has 1 aromatic carbocycles. The number of nitro groups is 1. The Morgan fingerprint density at radius 2 is 2.25 bits per heavy atom. The van der Waals surface area contributed by atoms with E-state index in [1.54, 1.807) is 18.2 Å². The molecule has 0 aromatic heterocycles. The molecule has 1 aromatic rings. The zero-order valence-electron chi connectivity index (χ0n) is 9.05. The minimum absolute atomic E-state index is 0.0970. The van der Waals surface area contributed by atoms with Gasteiger partial charge in [0, 0.05) is 12.7 Å². The molecule has 2 rings (SSSR count). The monoisotopic (exact) mass is 222 g/mol. The lowest BCUT2D eigenvalue weighted by atomic mass is 10.1. The van der Waals surface area contributed by atoms with Gasteiger partial charge in [-0.05, 0) is 19.4 Å². The van der Waals surface area contributed by atoms with Gasteiger partial charge in [-0.2, -0.15) is 0 Å². The predicted molar refractivity (Wildman–Crippen MR) is 60.5 cm³/mol. The normalized spacial score (nSPS) is 24.3. The third-order valence-corrected chi connectivity index (χ3v) is 2.82. The molecule has 0 saturated carbocycles. The van der Waals surface area contributed by atoms with Crippen molar-refractivity contribution in [2.24, 2.45) is 0 Å². The Morgan fingerprint density at radius 1 is 1.50 bits per heavy atom. The van der Waals surface area contributed by atoms with Crippen molar-refractivity contribution in [3.63, 3.8) is 0 Å². The van der Waals surface area contributed by atoms with Crippen LogP contribution in [0.3, 0.4) is 0 Å². The van der Waals surface area contributed by atoms with Gasteiger partial charge in [-0.1, -0.05) is 12.1 Å². The number of anilines is 1. The fraction of sp³-hybridized carbons (Fsp3) is 0.455. The molecule has 0 bridgehead atoms. The third kappa shape index (κ3) is 2.14. The van der Waals surface area contributed by atoms with E-state index in [9.17, 15) is 10.1 Å². The van der Waals surface area contributed by atoms with Crippen molar-refractivity contribution in [2.75, 3.05) is 11.9 Å². The number of ether oxygens (including phenoxy) is 1. The Morgan fingerprint density at radius 3 is 2.88 bits per heavy atom. The fourth-order valence-corrected chi connectivity index (χ4v) is 1.88. The molecule has 2 unspecified atom stereocenters. The number of nitro benzene ring substituents is 1. The van der Waals surface area contributed by atoms with Gasteiger partial charge in [0.2, 0.25) is 0 Å². The summed E-state index contributed by atoms with van der Waals surface area (Å²) in [4.78, 5) is 10.4. The van der Waals surface area contributed by atoms with Gasteiger partial charge in [-0.25, -0.2) is 0 Å². The summed E-state index contributed by atoms with van der Waals surface area (Å²) in [7, 11) is 0. The molecular weight excluding hydrogens is 208 g/mol. The highest BCUT2D eigenvalue weighted by Crippen LogP contribution is 2.26. The standard InChI is InChI=1S/C11H14N2O3/c1-8-9(6-7-16-8)12-10-4-2-3-5-11(10)13(14)15/h2-5,8-9,12H,6-7H2,1H3. The van der Waals surface area contributed by atoms with Crippen molar-refractivity contribution in [1.29, 1.82) is 0 Å². The molecule has 5 nitrogen and oxygen atoms in total. The Hall–Kier alpha value is -1.62. The van der Waals surface area contributed by atoms with Crippen LogP contribution in [0.2, 0.25) is 0 Å². The van der Waals surface area contributed by atoms with Crippen molar-refractivity contribution in [2.45, 2.75) is 25.5 Å². The van der Waals surface area contributed by atoms with E-state index in [1.807, 2.05) is 6.92 Å². The highest BCUT2D eigenvalue weighted by atomic mass is 16.6. The number of nitrogens with zero attached hydrogens (tertiary/aromatic N) is 1. The van der Waals surface area contributed by atoms with Gasteiger partial charge in [0.1, 0.15) is 5.69 Å². The van der Waals surface area contributed by atoms with Crippen LogP contribution < -0.4 is 5.32 Å². The number of benzene rings is 1. The highest BCUT2D eigenvalue weighted by Gasteiger charge is 2.26. The first kappa shape index (κ1) is 10.9. The van der Waals surface area contributed by atoms with E-state index >= 15 is 0 Å². The maximum absolute atomic E-state index is 10.8. The Balaban J connectivity index is 2.17. The minimum Gasteiger partial charge on any atom is -0.376 e. The van der Waals surface area contributed by atoms with Crippen molar-refractivity contribution in [3.8, 4) is 0 Å². The highest BCUT2D eigenvalue weighted by molar-refractivity contribution is 5.61. The molecule has 16 heavy (non-hydrogen) atoms. The van der Waals surface area contributed by atoms with Crippen LogP contribution in [0, 0.1) is 10.1 Å². The molecule has 2 atom stereocenters. The SMILES string of the molecule is CC1OCCC1Nc1ccccc1[N+](=O)[O-]. The van der Waals surface area contributed by atoms with Gasteiger partial charge < -0.3 is 10.1 Å². The topological polar surface area (TPSA) is 64.4 Å². The largest absolute Gasteiger partial charge is 0.376 e. The summed E-state index contributed by atoms with van der Waals surface area (Å²) < 4.78 is 5.41. The molecule has 0 radical (unpaired) electrons. The smallest absolute Gasteiger partial charge is 0.292 e. The molecule has 0 amide bonds. The van der Waals surface area contributed by atoms with Crippen LogP contribution in [0.25, 0.3) is 0 Å². The number of para-hydroxylation sites is 2. The molecule has 5 heteroatoms. The van der Waals surface area contributed by atoms with Crippen LogP contribution in [0.1, 0.15) is 13.3 Å². The first-order valence-corrected chi connectivity index (χ1v) is 5.30. The summed E-state index contributed by atoms with van der Waals surface area (Å²) in [5, 5.41) is 14.0. The van der Waals surface area contributed by atoms with Crippen molar-refractivity contribution < 1.29 is 9.66 Å². The van der Waals surface area contributed by atoms with Crippen molar-refractivity contribution in [3.05, 3.63) is 34.4 Å². The van der Waals surface area contributed by atoms with Crippen molar-refractivity contribution in [1.82, 2.24) is 0 Å². The first-order valence-electron chi connectivity index (χ1n) is 5.30. The summed E-state index contributed by atoms with van der Waals surface area (Å²) in [6, 6.07) is 6.83. The van der Waals surface area contributed by atoms with E-state index in [1.165, 1.54) is 6.07 Å². The molecule has 1 saturated heterocycles. The maximum Gasteiger partial charge on any atom is 0.292 e. The average Bonchev–Trinajstić information content (AvgIpc) is 2.65. The summed E-state index contributed by atoms with van der Waals surface area (Å²) in [6.07, 6.45) is 0.979. The summed E-state index contributed by atoms with van der Waals surface area (Å²) in [5.41, 5.74) is 0.677. The van der Waals surface area contributed by atoms with Crippen LogP contribution in [0.15, 0.2) is 24.3 Å². The lowest BCUT2D eigenvalue weighted by molar-refractivity contribution is -0.384. The van der Waals surface area contributed by atoms with E-state index in [0.29, 0.717) is 12.3 Å². The molecular formula is C11H14N2O3. The zero-order valence-corrected chi connectivity index (χ0v) is 9.05. The molecule has 0 aliphatic carbocycles. The number of rotatable bonds is 3. The van der Waals surface area contributed by atoms with E-state index in [2.05, 4.69) is 5.32 Å². The molecule has 1 fully saturated rings. The molecule has 86 valence electrons. The van der Waals surface area contributed by atoms with E-state index in [0.717, 1.165) is 6.42 Å². The lowest BCUT2D eigenvalue weighted by Crippen LogP contribution is -2.26. The van der Waals surface area contributed by atoms with Crippen LogP contribution >= 0.6 is 0 Å². The van der Waals surface area contributed by atoms with Gasteiger partial charge in [0.05, 0.1) is 17.1 Å². The Kier molecular flexibility index (Phi) is 3.05. The van der Waals surface area contributed by atoms with E-state index in [4.69, 9.17) is 4.74 Å².